The maximum atomic E-state index is 12.7. The van der Waals surface area contributed by atoms with Crippen LogP contribution in [0.4, 0.5) is 0 Å². The minimum atomic E-state index is -0.871. The molecule has 0 saturated carbocycles. The number of nitrogens with zero attached hydrogens (tertiary/aromatic N) is 1. The first kappa shape index (κ1) is 48.3. The molecule has 0 radical (unpaired) electrons. The maximum absolute atomic E-state index is 12.7. The maximum Gasteiger partial charge on any atom is 0.362 e. The van der Waals surface area contributed by atoms with E-state index in [0.717, 1.165) is 38.5 Å². The van der Waals surface area contributed by atoms with Gasteiger partial charge in [0.15, 0.2) is 12.1 Å². The van der Waals surface area contributed by atoms with Crippen LogP contribution in [0.1, 0.15) is 200 Å². The smallest absolute Gasteiger partial charge is 0.362 e. The normalized spacial score (nSPS) is 12.9. The van der Waals surface area contributed by atoms with Crippen molar-refractivity contribution in [2.75, 3.05) is 41.0 Å². The van der Waals surface area contributed by atoms with Gasteiger partial charge in [-0.1, -0.05) is 168 Å². The molecule has 1 N–H and O–H groups in total. The van der Waals surface area contributed by atoms with Crippen molar-refractivity contribution in [1.82, 2.24) is 0 Å². The summed E-state index contributed by atoms with van der Waals surface area (Å²) in [5, 5.41) is 9.59. The van der Waals surface area contributed by atoms with Crippen LogP contribution in [0.15, 0.2) is 0 Å². The summed E-state index contributed by atoms with van der Waals surface area (Å²) in [6.07, 6.45) is 32.7. The van der Waals surface area contributed by atoms with Gasteiger partial charge in [-0.05, 0) is 12.8 Å². The van der Waals surface area contributed by atoms with Crippen LogP contribution in [0, 0.1) is 0 Å². The zero-order valence-electron chi connectivity index (χ0n) is 33.6. The second-order valence-electron chi connectivity index (χ2n) is 15.6. The molecule has 0 amide bonds. The Balaban J connectivity index is 4.34. The van der Waals surface area contributed by atoms with Crippen molar-refractivity contribution in [3.63, 3.8) is 0 Å². The second kappa shape index (κ2) is 34.4. The highest BCUT2D eigenvalue weighted by Gasteiger charge is 2.31. The number of unbranched alkanes of at least 4 members (excludes halogenated alkanes) is 24. The number of ether oxygens (including phenoxy) is 3. The number of hydrogen-bond acceptors (Lipinski definition) is 6. The van der Waals surface area contributed by atoms with Crippen molar-refractivity contribution < 1.29 is 38.2 Å². The lowest BCUT2D eigenvalue weighted by atomic mass is 10.0. The molecule has 0 aromatic heterocycles. The Hall–Kier alpha value is -1.67. The molecule has 0 fully saturated rings. The molecule has 0 saturated heterocycles. The predicted molar refractivity (Wildman–Crippen MR) is 206 cm³/mol. The summed E-state index contributed by atoms with van der Waals surface area (Å²) >= 11 is 0. The lowest BCUT2D eigenvalue weighted by molar-refractivity contribution is -0.887. The standard InChI is InChI=1S/C42H81NO7/c1-6-8-10-12-14-16-18-20-22-24-26-28-30-32-40(44)49-37-38(36-48-35-34-39(42(46)47)43(3,4)5)50-41(45)33-31-29-27-25-23-21-19-17-15-13-11-9-7-2/h38-39H,6-37H2,1-5H3/p+1. The minimum absolute atomic E-state index is 0.0423. The third-order valence-electron chi connectivity index (χ3n) is 9.76. The summed E-state index contributed by atoms with van der Waals surface area (Å²) in [5.74, 6) is -1.45. The fourth-order valence-corrected chi connectivity index (χ4v) is 6.45. The van der Waals surface area contributed by atoms with Crippen molar-refractivity contribution in [3.05, 3.63) is 0 Å². The van der Waals surface area contributed by atoms with Crippen LogP contribution in [0.25, 0.3) is 0 Å². The van der Waals surface area contributed by atoms with Crippen LogP contribution in [0.3, 0.4) is 0 Å². The molecule has 0 spiro atoms. The zero-order valence-corrected chi connectivity index (χ0v) is 33.6. The summed E-state index contributed by atoms with van der Waals surface area (Å²) in [5.41, 5.74) is 0. The number of carboxylic acid groups (broad SMARTS) is 1. The summed E-state index contributed by atoms with van der Waals surface area (Å²) in [6, 6.07) is -0.607. The molecule has 2 atom stereocenters. The first-order chi connectivity index (χ1) is 24.1. The van der Waals surface area contributed by atoms with E-state index < -0.39 is 18.1 Å². The van der Waals surface area contributed by atoms with Gasteiger partial charge in [0.2, 0.25) is 0 Å². The molecule has 0 heterocycles. The SMILES string of the molecule is CCCCCCCCCCCCCCCC(=O)OCC(COCCC(C(=O)O)[N+](C)(C)C)OC(=O)CCCCCCCCCCCCCCC. The topological polar surface area (TPSA) is 99.1 Å². The van der Waals surface area contributed by atoms with Crippen molar-refractivity contribution in [1.29, 1.82) is 0 Å². The molecule has 50 heavy (non-hydrogen) atoms. The van der Waals surface area contributed by atoms with Crippen LogP contribution < -0.4 is 0 Å². The molecule has 0 rings (SSSR count). The van der Waals surface area contributed by atoms with E-state index in [4.69, 9.17) is 14.2 Å². The largest absolute Gasteiger partial charge is 0.477 e. The van der Waals surface area contributed by atoms with Crippen molar-refractivity contribution in [3.8, 4) is 0 Å². The highest BCUT2D eigenvalue weighted by atomic mass is 16.6. The Bertz CT molecular complexity index is 797. The number of rotatable bonds is 38. The van der Waals surface area contributed by atoms with Gasteiger partial charge in [0.1, 0.15) is 6.61 Å². The Labute approximate surface area is 308 Å². The Morgan fingerprint density at radius 3 is 1.24 bits per heavy atom. The van der Waals surface area contributed by atoms with Gasteiger partial charge in [-0.15, -0.1) is 0 Å². The number of carbonyl (C=O) groups is 3. The van der Waals surface area contributed by atoms with Gasteiger partial charge >= 0.3 is 17.9 Å². The van der Waals surface area contributed by atoms with Gasteiger partial charge in [0.25, 0.3) is 0 Å². The average Bonchev–Trinajstić information content (AvgIpc) is 3.06. The molecule has 2 unspecified atom stereocenters. The van der Waals surface area contributed by atoms with Crippen LogP contribution in [0.5, 0.6) is 0 Å². The van der Waals surface area contributed by atoms with Gasteiger partial charge in [0, 0.05) is 19.3 Å². The molecule has 0 aromatic carbocycles. The molecule has 296 valence electrons. The third-order valence-corrected chi connectivity index (χ3v) is 9.76. The van der Waals surface area contributed by atoms with E-state index in [2.05, 4.69) is 13.8 Å². The van der Waals surface area contributed by atoms with E-state index in [9.17, 15) is 19.5 Å². The number of quaternary nitrogens is 1. The van der Waals surface area contributed by atoms with Gasteiger partial charge in [-0.3, -0.25) is 9.59 Å². The van der Waals surface area contributed by atoms with E-state index >= 15 is 0 Å². The number of carboxylic acids is 1. The fraction of sp³-hybridized carbons (Fsp3) is 0.929. The van der Waals surface area contributed by atoms with E-state index in [1.165, 1.54) is 128 Å². The van der Waals surface area contributed by atoms with Crippen molar-refractivity contribution in [2.24, 2.45) is 0 Å². The molecule has 0 aliphatic heterocycles. The molecule has 0 aliphatic carbocycles. The van der Waals surface area contributed by atoms with E-state index in [0.29, 0.717) is 19.3 Å². The van der Waals surface area contributed by atoms with Gasteiger partial charge in [0.05, 0.1) is 34.4 Å². The molecule has 8 nitrogen and oxygen atoms in total. The third kappa shape index (κ3) is 32.3. The highest BCUT2D eigenvalue weighted by Crippen LogP contribution is 2.15. The summed E-state index contributed by atoms with van der Waals surface area (Å²) < 4.78 is 17.3. The first-order valence-electron chi connectivity index (χ1n) is 21.1. The molecular weight excluding hydrogens is 630 g/mol. The minimum Gasteiger partial charge on any atom is -0.477 e. The summed E-state index contributed by atoms with van der Waals surface area (Å²) in [6.45, 7) is 4.76. The highest BCUT2D eigenvalue weighted by molar-refractivity contribution is 5.72. The average molecular weight is 713 g/mol. The molecular formula is C42H82NO7+. The molecule has 8 heteroatoms. The van der Waals surface area contributed by atoms with Crippen LogP contribution in [0.2, 0.25) is 0 Å². The van der Waals surface area contributed by atoms with Gasteiger partial charge < -0.3 is 23.8 Å². The molecule has 0 aliphatic rings. The van der Waals surface area contributed by atoms with E-state index in [-0.39, 0.29) is 36.2 Å². The quantitative estimate of drug-likeness (QED) is 0.0386. The first-order valence-corrected chi connectivity index (χ1v) is 21.1. The lowest BCUT2D eigenvalue weighted by Gasteiger charge is -2.31. The Morgan fingerprint density at radius 1 is 0.520 bits per heavy atom. The van der Waals surface area contributed by atoms with Crippen molar-refractivity contribution in [2.45, 2.75) is 212 Å². The van der Waals surface area contributed by atoms with Gasteiger partial charge in [-0.2, -0.15) is 0 Å². The number of likely N-dealkylation sites (N-methyl/N-ethyl adjacent to an activating group) is 1. The number of carbonyl (C=O) groups excluding carboxylic acids is 2. The Morgan fingerprint density at radius 2 is 0.880 bits per heavy atom. The van der Waals surface area contributed by atoms with Crippen LogP contribution in [-0.2, 0) is 28.6 Å². The monoisotopic (exact) mass is 713 g/mol. The number of esters is 2. The van der Waals surface area contributed by atoms with Gasteiger partial charge in [-0.25, -0.2) is 4.79 Å². The van der Waals surface area contributed by atoms with Crippen LogP contribution in [-0.4, -0.2) is 80.6 Å². The number of aliphatic carboxylic acids is 1. The summed E-state index contributed by atoms with van der Waals surface area (Å²) in [4.78, 5) is 36.8. The molecule has 0 aromatic rings. The lowest BCUT2D eigenvalue weighted by Crippen LogP contribution is -2.50. The predicted octanol–water partition coefficient (Wildman–Crippen LogP) is 11.0. The second-order valence-corrected chi connectivity index (χ2v) is 15.6. The van der Waals surface area contributed by atoms with E-state index in [1.54, 1.807) is 0 Å². The van der Waals surface area contributed by atoms with E-state index in [1.807, 2.05) is 21.1 Å². The Kier molecular flexibility index (Phi) is 33.3. The molecule has 0 bridgehead atoms. The van der Waals surface area contributed by atoms with Crippen molar-refractivity contribution >= 4 is 17.9 Å². The summed E-state index contributed by atoms with van der Waals surface area (Å²) in [7, 11) is 5.53. The zero-order chi connectivity index (χ0) is 37.1. The number of hydrogen-bond donors (Lipinski definition) is 1. The fourth-order valence-electron chi connectivity index (χ4n) is 6.45. The van der Waals surface area contributed by atoms with Crippen LogP contribution >= 0.6 is 0 Å².